The lowest BCUT2D eigenvalue weighted by Gasteiger charge is -2.13. The molecule has 1 aromatic heterocycles. The Labute approximate surface area is 128 Å². The Kier molecular flexibility index (Phi) is 5.83. The number of hydrogen-bond acceptors (Lipinski definition) is 5. The maximum atomic E-state index is 6.32. The number of nitrogens with zero attached hydrogens (tertiary/aromatic N) is 2. The Morgan fingerprint density at radius 1 is 1.29 bits per heavy atom. The van der Waals surface area contributed by atoms with Crippen LogP contribution in [-0.2, 0) is 13.0 Å². The maximum Gasteiger partial charge on any atom is 0.179 e. The van der Waals surface area contributed by atoms with Gasteiger partial charge in [0, 0.05) is 13.0 Å². The summed E-state index contributed by atoms with van der Waals surface area (Å²) in [5, 5.41) is 10.6. The molecule has 0 fully saturated rings. The molecule has 0 radical (unpaired) electrons. The first-order valence-electron chi connectivity index (χ1n) is 6.70. The van der Waals surface area contributed by atoms with E-state index in [2.05, 4.69) is 20.5 Å². The van der Waals surface area contributed by atoms with Crippen molar-refractivity contribution in [1.29, 1.82) is 0 Å². The van der Waals surface area contributed by atoms with Gasteiger partial charge in [0.05, 0.1) is 19.2 Å². The van der Waals surface area contributed by atoms with E-state index >= 15 is 0 Å². The van der Waals surface area contributed by atoms with E-state index in [1.54, 1.807) is 14.2 Å². The van der Waals surface area contributed by atoms with Gasteiger partial charge >= 0.3 is 0 Å². The number of nitrogens with one attached hydrogen (secondary N) is 2. The summed E-state index contributed by atoms with van der Waals surface area (Å²) in [7, 11) is 3.17. The Morgan fingerprint density at radius 2 is 2.14 bits per heavy atom. The second-order valence-electron chi connectivity index (χ2n) is 4.49. The molecular formula is C14H19ClN4O2. The molecule has 0 aliphatic heterocycles. The van der Waals surface area contributed by atoms with E-state index in [-0.39, 0.29) is 0 Å². The number of benzene rings is 1. The zero-order chi connectivity index (χ0) is 15.1. The van der Waals surface area contributed by atoms with Gasteiger partial charge in [0.15, 0.2) is 11.5 Å². The number of halogens is 1. The smallest absolute Gasteiger partial charge is 0.179 e. The zero-order valence-electron chi connectivity index (χ0n) is 12.1. The van der Waals surface area contributed by atoms with Crippen LogP contribution in [-0.4, -0.2) is 35.9 Å². The first kappa shape index (κ1) is 15.6. The molecule has 2 aromatic rings. The van der Waals surface area contributed by atoms with E-state index in [0.29, 0.717) is 23.1 Å². The molecule has 7 heteroatoms. The molecule has 0 spiro atoms. The minimum atomic E-state index is 0.570. The van der Waals surface area contributed by atoms with E-state index in [1.165, 1.54) is 6.33 Å². The SMILES string of the molecule is COc1ccc(CNCCCc2ncn[nH]2)c(Cl)c1OC. The van der Waals surface area contributed by atoms with Gasteiger partial charge in [-0.1, -0.05) is 17.7 Å². The molecule has 0 aliphatic rings. The van der Waals surface area contributed by atoms with Crippen molar-refractivity contribution < 1.29 is 9.47 Å². The summed E-state index contributed by atoms with van der Waals surface area (Å²) in [4.78, 5) is 4.08. The number of ether oxygens (including phenoxy) is 2. The molecule has 0 saturated carbocycles. The summed E-state index contributed by atoms with van der Waals surface area (Å²) in [6.07, 6.45) is 3.36. The van der Waals surface area contributed by atoms with Crippen molar-refractivity contribution in [2.45, 2.75) is 19.4 Å². The molecule has 114 valence electrons. The zero-order valence-corrected chi connectivity index (χ0v) is 12.9. The minimum Gasteiger partial charge on any atom is -0.493 e. The monoisotopic (exact) mass is 310 g/mol. The summed E-state index contributed by atoms with van der Waals surface area (Å²) in [5.41, 5.74) is 0.981. The molecule has 0 atom stereocenters. The highest BCUT2D eigenvalue weighted by Crippen LogP contribution is 2.37. The molecule has 0 aliphatic carbocycles. The number of aryl methyl sites for hydroxylation is 1. The third-order valence-electron chi connectivity index (χ3n) is 3.11. The fourth-order valence-corrected chi connectivity index (χ4v) is 2.32. The predicted octanol–water partition coefficient (Wildman–Crippen LogP) is 2.20. The van der Waals surface area contributed by atoms with Crippen molar-refractivity contribution in [3.05, 3.63) is 34.9 Å². The van der Waals surface area contributed by atoms with Gasteiger partial charge in [-0.05, 0) is 24.6 Å². The van der Waals surface area contributed by atoms with Crippen molar-refractivity contribution in [3.8, 4) is 11.5 Å². The van der Waals surface area contributed by atoms with Crippen LogP contribution in [0.2, 0.25) is 5.02 Å². The van der Waals surface area contributed by atoms with Crippen LogP contribution >= 0.6 is 11.6 Å². The largest absolute Gasteiger partial charge is 0.493 e. The number of rotatable bonds is 8. The number of methoxy groups -OCH3 is 2. The Morgan fingerprint density at radius 3 is 2.81 bits per heavy atom. The topological polar surface area (TPSA) is 72.1 Å². The summed E-state index contributed by atoms with van der Waals surface area (Å²) >= 11 is 6.32. The van der Waals surface area contributed by atoms with Crippen LogP contribution in [0, 0.1) is 0 Å². The van der Waals surface area contributed by atoms with Gasteiger partial charge in [0.2, 0.25) is 0 Å². The third-order valence-corrected chi connectivity index (χ3v) is 3.53. The van der Waals surface area contributed by atoms with E-state index in [1.807, 2.05) is 12.1 Å². The second kappa shape index (κ2) is 7.85. The molecule has 0 saturated heterocycles. The van der Waals surface area contributed by atoms with Crippen LogP contribution in [0.15, 0.2) is 18.5 Å². The van der Waals surface area contributed by atoms with Crippen LogP contribution in [0.1, 0.15) is 17.8 Å². The summed E-state index contributed by atoms with van der Waals surface area (Å²) in [6.45, 7) is 1.54. The van der Waals surface area contributed by atoms with Crippen molar-refractivity contribution >= 4 is 11.6 Å². The number of aromatic amines is 1. The van der Waals surface area contributed by atoms with Crippen LogP contribution in [0.25, 0.3) is 0 Å². The van der Waals surface area contributed by atoms with Crippen LogP contribution in [0.5, 0.6) is 11.5 Å². The Balaban J connectivity index is 1.83. The highest BCUT2D eigenvalue weighted by molar-refractivity contribution is 6.33. The third kappa shape index (κ3) is 4.09. The van der Waals surface area contributed by atoms with Gasteiger partial charge in [-0.25, -0.2) is 4.98 Å². The average Bonchev–Trinajstić information content (AvgIpc) is 3.01. The normalized spacial score (nSPS) is 10.6. The quantitative estimate of drug-likeness (QED) is 0.731. The fourth-order valence-electron chi connectivity index (χ4n) is 2.02. The van der Waals surface area contributed by atoms with E-state index in [9.17, 15) is 0 Å². The molecule has 0 unspecified atom stereocenters. The van der Waals surface area contributed by atoms with Gasteiger partial charge in [0.25, 0.3) is 0 Å². The highest BCUT2D eigenvalue weighted by atomic mass is 35.5. The molecule has 1 heterocycles. The average molecular weight is 311 g/mol. The summed E-state index contributed by atoms with van der Waals surface area (Å²) < 4.78 is 10.5. The van der Waals surface area contributed by atoms with E-state index in [0.717, 1.165) is 30.8 Å². The lowest BCUT2D eigenvalue weighted by molar-refractivity contribution is 0.354. The van der Waals surface area contributed by atoms with Crippen molar-refractivity contribution in [2.75, 3.05) is 20.8 Å². The molecule has 2 rings (SSSR count). The van der Waals surface area contributed by atoms with Gasteiger partial charge in [-0.2, -0.15) is 5.10 Å². The first-order valence-corrected chi connectivity index (χ1v) is 7.08. The summed E-state index contributed by atoms with van der Waals surface area (Å²) in [6, 6.07) is 3.80. The molecule has 2 N–H and O–H groups in total. The van der Waals surface area contributed by atoms with E-state index in [4.69, 9.17) is 21.1 Å². The minimum absolute atomic E-state index is 0.570. The Hall–Kier alpha value is -1.79. The van der Waals surface area contributed by atoms with Crippen LogP contribution in [0.3, 0.4) is 0 Å². The van der Waals surface area contributed by atoms with Crippen molar-refractivity contribution in [2.24, 2.45) is 0 Å². The van der Waals surface area contributed by atoms with Gasteiger partial charge < -0.3 is 14.8 Å². The second-order valence-corrected chi connectivity index (χ2v) is 4.86. The van der Waals surface area contributed by atoms with E-state index < -0.39 is 0 Å². The standard InChI is InChI=1S/C14H19ClN4O2/c1-20-11-6-5-10(13(15)14(11)21-2)8-16-7-3-4-12-17-9-18-19-12/h5-6,9,16H,3-4,7-8H2,1-2H3,(H,17,18,19). The van der Waals surface area contributed by atoms with Crippen molar-refractivity contribution in [1.82, 2.24) is 20.5 Å². The molecule has 0 bridgehead atoms. The summed E-state index contributed by atoms with van der Waals surface area (Å²) in [5.74, 6) is 2.11. The van der Waals surface area contributed by atoms with Gasteiger partial charge in [-0.15, -0.1) is 0 Å². The molecule has 0 amide bonds. The Bertz CT molecular complexity index is 560. The van der Waals surface area contributed by atoms with Crippen LogP contribution in [0.4, 0.5) is 0 Å². The maximum absolute atomic E-state index is 6.32. The van der Waals surface area contributed by atoms with Gasteiger partial charge in [0.1, 0.15) is 12.2 Å². The number of aromatic nitrogens is 3. The van der Waals surface area contributed by atoms with Gasteiger partial charge in [-0.3, -0.25) is 5.10 Å². The molecular weight excluding hydrogens is 292 g/mol. The fraction of sp³-hybridized carbons (Fsp3) is 0.429. The van der Waals surface area contributed by atoms with Crippen LogP contribution < -0.4 is 14.8 Å². The predicted molar refractivity (Wildman–Crippen MR) is 81.0 cm³/mol. The first-order chi connectivity index (χ1) is 10.3. The number of H-pyrrole nitrogens is 1. The van der Waals surface area contributed by atoms with Crippen molar-refractivity contribution in [3.63, 3.8) is 0 Å². The molecule has 21 heavy (non-hydrogen) atoms. The molecule has 6 nitrogen and oxygen atoms in total. The highest BCUT2D eigenvalue weighted by Gasteiger charge is 2.12. The lowest BCUT2D eigenvalue weighted by atomic mass is 10.2. The molecule has 1 aromatic carbocycles. The number of hydrogen-bond donors (Lipinski definition) is 2. The lowest BCUT2D eigenvalue weighted by Crippen LogP contribution is -2.16.